The molecule has 0 atom stereocenters. The third kappa shape index (κ3) is 6.98. The maximum atomic E-state index is 5.90. The zero-order valence-corrected chi connectivity index (χ0v) is 14.3. The molecule has 0 aromatic heterocycles. The molecule has 0 amide bonds. The van der Waals surface area contributed by atoms with Crippen molar-refractivity contribution in [1.29, 1.82) is 0 Å². The quantitative estimate of drug-likeness (QED) is 0.669. The van der Waals surface area contributed by atoms with Crippen molar-refractivity contribution < 1.29 is 4.43 Å². The molecule has 0 rings (SSSR count). The zero-order valence-electron chi connectivity index (χ0n) is 11.3. The molecule has 0 aliphatic rings. The van der Waals surface area contributed by atoms with E-state index in [1.165, 1.54) is 11.3 Å². The van der Waals surface area contributed by atoms with Gasteiger partial charge < -0.3 is 4.43 Å². The highest BCUT2D eigenvalue weighted by atomic mass is 28.4. The molecular weight excluding hydrogens is 220 g/mol. The molecule has 1 nitrogen and oxygen atoms in total. The van der Waals surface area contributed by atoms with Gasteiger partial charge in [-0.15, -0.1) is 0 Å². The Hall–Kier alpha value is 0.611. The summed E-state index contributed by atoms with van der Waals surface area (Å²) in [7, 11) is -1.34. The average Bonchev–Trinajstić information content (AvgIpc) is 1.78. The van der Waals surface area contributed by atoms with E-state index in [0.717, 1.165) is 0 Å². The van der Waals surface area contributed by atoms with E-state index in [1.54, 1.807) is 0 Å². The van der Waals surface area contributed by atoms with Gasteiger partial charge in [-0.2, -0.15) is 0 Å². The largest absolute Gasteiger partial charge is 0.421 e. The molecular formula is C10H28OSi3. The van der Waals surface area contributed by atoms with E-state index in [2.05, 4.69) is 45.8 Å². The first kappa shape index (κ1) is 14.6. The number of hydrogen-bond donors (Lipinski definition) is 0. The van der Waals surface area contributed by atoms with Crippen molar-refractivity contribution in [3.05, 3.63) is 0 Å². The van der Waals surface area contributed by atoms with Crippen LogP contribution in [0, 0.1) is 0 Å². The summed E-state index contributed by atoms with van der Waals surface area (Å²) in [4.78, 5) is 0. The summed E-state index contributed by atoms with van der Waals surface area (Å²) in [6.45, 7) is 17.2. The minimum Gasteiger partial charge on any atom is -0.421 e. The first-order valence-electron chi connectivity index (χ1n) is 5.53. The van der Waals surface area contributed by atoms with Crippen molar-refractivity contribution in [3.63, 3.8) is 0 Å². The van der Waals surface area contributed by atoms with Gasteiger partial charge >= 0.3 is 0 Å². The van der Waals surface area contributed by atoms with E-state index in [-0.39, 0.29) is 0 Å². The predicted octanol–water partition coefficient (Wildman–Crippen LogP) is 3.96. The standard InChI is InChI=1S/C10H28OSi3/c1-11-14(8,9-12(2,3)4)10-13(5,6)7/h9-10H2,1-8H3. The SMILES string of the molecule is CO[Si](C)(C[Si](C)(C)C)C[Si](C)(C)C. The van der Waals surface area contributed by atoms with Gasteiger partial charge in [-0.3, -0.25) is 0 Å². The molecule has 0 fully saturated rings. The van der Waals surface area contributed by atoms with E-state index in [9.17, 15) is 0 Å². The molecule has 0 aromatic rings. The molecule has 0 heterocycles. The summed E-state index contributed by atoms with van der Waals surface area (Å²) in [6, 6.07) is 0. The van der Waals surface area contributed by atoms with E-state index < -0.39 is 24.5 Å². The average molecular weight is 249 g/mol. The third-order valence-corrected chi connectivity index (χ3v) is 17.8. The van der Waals surface area contributed by atoms with Gasteiger partial charge in [-0.25, -0.2) is 0 Å². The van der Waals surface area contributed by atoms with Crippen LogP contribution >= 0.6 is 0 Å². The van der Waals surface area contributed by atoms with Gasteiger partial charge in [-0.1, -0.05) is 39.3 Å². The highest BCUT2D eigenvalue weighted by Crippen LogP contribution is 2.28. The van der Waals surface area contributed by atoms with Gasteiger partial charge in [0.25, 0.3) is 0 Å². The molecule has 0 saturated carbocycles. The Kier molecular flexibility index (Phi) is 4.84. The predicted molar refractivity (Wildman–Crippen MR) is 74.9 cm³/mol. The lowest BCUT2D eigenvalue weighted by atomic mass is 11.7. The van der Waals surface area contributed by atoms with Crippen LogP contribution in [0.25, 0.3) is 0 Å². The summed E-state index contributed by atoms with van der Waals surface area (Å²) in [5.41, 5.74) is 2.83. The number of rotatable bonds is 5. The van der Waals surface area contributed by atoms with E-state index >= 15 is 0 Å². The minimum atomic E-state index is -1.37. The van der Waals surface area contributed by atoms with Crippen molar-refractivity contribution in [2.24, 2.45) is 0 Å². The summed E-state index contributed by atoms with van der Waals surface area (Å²) < 4.78 is 5.90. The van der Waals surface area contributed by atoms with Crippen molar-refractivity contribution >= 4 is 24.5 Å². The second-order valence-electron chi connectivity index (χ2n) is 7.13. The molecule has 0 aliphatic heterocycles. The Balaban J connectivity index is 4.49. The van der Waals surface area contributed by atoms with Crippen LogP contribution in [0.5, 0.6) is 0 Å². The molecule has 0 radical (unpaired) electrons. The van der Waals surface area contributed by atoms with Crippen LogP contribution < -0.4 is 0 Å². The van der Waals surface area contributed by atoms with Crippen LogP contribution in [-0.4, -0.2) is 31.6 Å². The summed E-state index contributed by atoms with van der Waals surface area (Å²) >= 11 is 0. The fraction of sp³-hybridized carbons (Fsp3) is 1.00. The molecule has 0 saturated heterocycles. The first-order chi connectivity index (χ1) is 5.97. The normalized spacial score (nSPS) is 14.6. The molecule has 0 bridgehead atoms. The van der Waals surface area contributed by atoms with E-state index in [4.69, 9.17) is 4.43 Å². The lowest BCUT2D eigenvalue weighted by Crippen LogP contribution is -2.47. The van der Waals surface area contributed by atoms with Crippen LogP contribution in [-0.2, 0) is 4.43 Å². The van der Waals surface area contributed by atoms with Gasteiger partial charge in [-0.05, 0) is 17.9 Å². The van der Waals surface area contributed by atoms with Crippen molar-refractivity contribution in [2.45, 2.75) is 57.2 Å². The van der Waals surface area contributed by atoms with Gasteiger partial charge in [0.05, 0.1) is 0 Å². The van der Waals surface area contributed by atoms with Crippen LogP contribution in [0.15, 0.2) is 0 Å². The molecule has 14 heavy (non-hydrogen) atoms. The zero-order chi connectivity index (χ0) is 11.6. The van der Waals surface area contributed by atoms with Crippen LogP contribution in [0.2, 0.25) is 57.2 Å². The molecule has 0 aliphatic carbocycles. The Bertz CT molecular complexity index is 163. The Morgan fingerprint density at radius 2 is 1.00 bits per heavy atom. The molecule has 0 N–H and O–H groups in total. The fourth-order valence-corrected chi connectivity index (χ4v) is 23.2. The molecule has 0 unspecified atom stereocenters. The van der Waals surface area contributed by atoms with E-state index in [1.807, 2.05) is 7.11 Å². The first-order valence-corrected chi connectivity index (χ1v) is 15.8. The highest BCUT2D eigenvalue weighted by Gasteiger charge is 2.37. The topological polar surface area (TPSA) is 9.23 Å². The Morgan fingerprint density at radius 1 is 0.714 bits per heavy atom. The van der Waals surface area contributed by atoms with Crippen LogP contribution in [0.1, 0.15) is 0 Å². The van der Waals surface area contributed by atoms with Crippen LogP contribution in [0.4, 0.5) is 0 Å². The van der Waals surface area contributed by atoms with Crippen molar-refractivity contribution in [3.8, 4) is 0 Å². The highest BCUT2D eigenvalue weighted by molar-refractivity contribution is 6.99. The second-order valence-corrected chi connectivity index (χ2v) is 23.5. The third-order valence-electron chi connectivity index (χ3n) is 2.30. The lowest BCUT2D eigenvalue weighted by molar-refractivity contribution is 0.405. The Morgan fingerprint density at radius 3 is 1.14 bits per heavy atom. The lowest BCUT2D eigenvalue weighted by Gasteiger charge is -2.35. The van der Waals surface area contributed by atoms with Gasteiger partial charge in [0.2, 0.25) is 0 Å². The summed E-state index contributed by atoms with van der Waals surface area (Å²) in [6.07, 6.45) is 0. The van der Waals surface area contributed by atoms with E-state index in [0.29, 0.717) is 0 Å². The molecule has 86 valence electrons. The molecule has 4 heteroatoms. The van der Waals surface area contributed by atoms with Gasteiger partial charge in [0.15, 0.2) is 8.32 Å². The second kappa shape index (κ2) is 4.63. The molecule has 0 aromatic carbocycles. The van der Waals surface area contributed by atoms with Crippen molar-refractivity contribution in [2.75, 3.05) is 7.11 Å². The van der Waals surface area contributed by atoms with Crippen molar-refractivity contribution in [1.82, 2.24) is 0 Å². The maximum absolute atomic E-state index is 5.90. The fourth-order valence-electron chi connectivity index (χ4n) is 2.45. The summed E-state index contributed by atoms with van der Waals surface area (Å²) in [5.74, 6) is 0. The van der Waals surface area contributed by atoms with Gasteiger partial charge in [0.1, 0.15) is 0 Å². The summed E-state index contributed by atoms with van der Waals surface area (Å²) in [5, 5.41) is 0. The smallest absolute Gasteiger partial charge is 0.184 e. The maximum Gasteiger partial charge on any atom is 0.184 e. The monoisotopic (exact) mass is 248 g/mol. The minimum absolute atomic E-state index is 0.954. The number of hydrogen-bond acceptors (Lipinski definition) is 1. The van der Waals surface area contributed by atoms with Gasteiger partial charge in [0, 0.05) is 23.3 Å². The van der Waals surface area contributed by atoms with Crippen LogP contribution in [0.3, 0.4) is 0 Å². The molecule has 0 spiro atoms. The Labute approximate surface area is 93.4 Å².